The smallest absolute Gasteiger partial charge is 0.298 e. The SMILES string of the molecule is C=C(/C(C=O)=C(Nc1ccc(Oc2ccccc2F)cc1)/C(N)=N\NC)[C@H]1CCCN(C(=O)C#CC)C1. The van der Waals surface area contributed by atoms with E-state index in [1.165, 1.54) is 12.1 Å². The zero-order valence-corrected chi connectivity index (χ0v) is 20.9. The van der Waals surface area contributed by atoms with Crippen molar-refractivity contribution in [3.05, 3.63) is 77.8 Å². The van der Waals surface area contributed by atoms with Crippen LogP contribution in [0.2, 0.25) is 0 Å². The van der Waals surface area contributed by atoms with Gasteiger partial charge >= 0.3 is 0 Å². The molecule has 9 heteroatoms. The van der Waals surface area contributed by atoms with Crippen LogP contribution >= 0.6 is 0 Å². The van der Waals surface area contributed by atoms with E-state index in [0.29, 0.717) is 36.4 Å². The summed E-state index contributed by atoms with van der Waals surface area (Å²) in [6, 6.07) is 12.9. The molecule has 4 N–H and O–H groups in total. The van der Waals surface area contributed by atoms with Gasteiger partial charge in [0.05, 0.1) is 5.70 Å². The van der Waals surface area contributed by atoms with Gasteiger partial charge in [-0.05, 0) is 67.7 Å². The maximum atomic E-state index is 13.9. The number of carbonyl (C=O) groups excluding carboxylic acids is 2. The molecule has 1 amide bonds. The number of ether oxygens (including phenoxy) is 1. The molecule has 0 aliphatic carbocycles. The van der Waals surface area contributed by atoms with Gasteiger partial charge in [-0.1, -0.05) is 24.6 Å². The van der Waals surface area contributed by atoms with E-state index in [1.54, 1.807) is 55.3 Å². The van der Waals surface area contributed by atoms with E-state index >= 15 is 0 Å². The molecule has 1 heterocycles. The Morgan fingerprint density at radius 2 is 2.00 bits per heavy atom. The molecular formula is C28H30FN5O3. The number of piperidine rings is 1. The molecule has 1 saturated heterocycles. The van der Waals surface area contributed by atoms with Crippen molar-refractivity contribution in [2.45, 2.75) is 19.8 Å². The van der Waals surface area contributed by atoms with E-state index in [1.807, 2.05) is 0 Å². The molecule has 0 saturated carbocycles. The number of benzene rings is 2. The molecule has 192 valence electrons. The van der Waals surface area contributed by atoms with Crippen LogP contribution < -0.4 is 21.2 Å². The van der Waals surface area contributed by atoms with Crippen molar-refractivity contribution in [3.63, 3.8) is 0 Å². The summed E-state index contributed by atoms with van der Waals surface area (Å²) in [5, 5.41) is 7.19. The second-order valence-corrected chi connectivity index (χ2v) is 8.30. The number of likely N-dealkylation sites (tertiary alicyclic amines) is 1. The Balaban J connectivity index is 1.86. The first kappa shape index (κ1) is 27.0. The Labute approximate surface area is 216 Å². The van der Waals surface area contributed by atoms with Gasteiger partial charge in [-0.25, -0.2) is 4.39 Å². The monoisotopic (exact) mass is 503 g/mol. The van der Waals surface area contributed by atoms with Crippen molar-refractivity contribution < 1.29 is 18.7 Å². The number of anilines is 1. The van der Waals surface area contributed by atoms with Gasteiger partial charge in [0.25, 0.3) is 5.91 Å². The van der Waals surface area contributed by atoms with Crippen LogP contribution in [0.5, 0.6) is 11.5 Å². The van der Waals surface area contributed by atoms with Crippen LogP contribution in [0.4, 0.5) is 10.1 Å². The quantitative estimate of drug-likeness (QED) is 0.0914. The highest BCUT2D eigenvalue weighted by atomic mass is 19.1. The number of hydrazone groups is 1. The number of aldehydes is 1. The molecule has 1 fully saturated rings. The summed E-state index contributed by atoms with van der Waals surface area (Å²) in [7, 11) is 1.59. The summed E-state index contributed by atoms with van der Waals surface area (Å²) >= 11 is 0. The lowest BCUT2D eigenvalue weighted by molar-refractivity contribution is -0.126. The van der Waals surface area contributed by atoms with E-state index in [2.05, 4.69) is 34.3 Å². The minimum atomic E-state index is -0.468. The van der Waals surface area contributed by atoms with E-state index in [-0.39, 0.29) is 34.7 Å². The number of amidine groups is 1. The zero-order chi connectivity index (χ0) is 26.8. The molecule has 0 radical (unpaired) electrons. The van der Waals surface area contributed by atoms with Crippen LogP contribution in [0.25, 0.3) is 0 Å². The lowest BCUT2D eigenvalue weighted by Crippen LogP contribution is -2.40. The predicted molar refractivity (Wildman–Crippen MR) is 142 cm³/mol. The van der Waals surface area contributed by atoms with Crippen LogP contribution in [-0.4, -0.2) is 43.1 Å². The zero-order valence-electron chi connectivity index (χ0n) is 20.9. The van der Waals surface area contributed by atoms with Gasteiger partial charge in [-0.3, -0.25) is 9.59 Å². The first-order chi connectivity index (χ1) is 17.9. The van der Waals surface area contributed by atoms with Crippen molar-refractivity contribution in [2.24, 2.45) is 16.8 Å². The average molecular weight is 504 g/mol. The number of hydrogen-bond acceptors (Lipinski definition) is 6. The fraction of sp³-hybridized carbons (Fsp3) is 0.250. The molecule has 1 atom stereocenters. The van der Waals surface area contributed by atoms with E-state index < -0.39 is 5.82 Å². The van der Waals surface area contributed by atoms with E-state index in [4.69, 9.17) is 10.5 Å². The van der Waals surface area contributed by atoms with Gasteiger partial charge in [0, 0.05) is 37.3 Å². The standard InChI is InChI=1S/C28H30FN5O3/c1-4-8-26(36)34-16-7-9-20(17-34)19(2)23(18-35)27(28(30)33-31-3)32-21-12-14-22(15-13-21)37-25-11-6-5-10-24(25)29/h5-6,10-15,18,20,31-32H,2,7,9,16-17H2,1,3H3,(H2,30,33)/b27-23-/t20-/m0/s1. The number of hydrogen-bond donors (Lipinski definition) is 3. The van der Waals surface area contributed by atoms with E-state index in [0.717, 1.165) is 12.8 Å². The van der Waals surface area contributed by atoms with Crippen molar-refractivity contribution in [3.8, 4) is 23.3 Å². The molecule has 8 nitrogen and oxygen atoms in total. The fourth-order valence-electron chi connectivity index (χ4n) is 4.00. The van der Waals surface area contributed by atoms with Crippen LogP contribution in [0.1, 0.15) is 19.8 Å². The molecule has 0 aromatic heterocycles. The van der Waals surface area contributed by atoms with Gasteiger partial charge in [0.2, 0.25) is 0 Å². The highest BCUT2D eigenvalue weighted by Gasteiger charge is 2.28. The molecule has 1 aliphatic heterocycles. The van der Waals surface area contributed by atoms with E-state index in [9.17, 15) is 14.0 Å². The summed E-state index contributed by atoms with van der Waals surface area (Å²) in [6.45, 7) is 6.80. The molecule has 0 bridgehead atoms. The topological polar surface area (TPSA) is 109 Å². The summed E-state index contributed by atoms with van der Waals surface area (Å²) < 4.78 is 19.5. The first-order valence-corrected chi connectivity index (χ1v) is 11.8. The molecule has 0 unspecified atom stereocenters. The first-order valence-electron chi connectivity index (χ1n) is 11.8. The summed E-state index contributed by atoms with van der Waals surface area (Å²) in [6.07, 6.45) is 2.21. The van der Waals surface area contributed by atoms with Gasteiger partial charge < -0.3 is 26.1 Å². The number of para-hydroxylation sites is 1. The largest absolute Gasteiger partial charge is 0.454 e. The third-order valence-corrected chi connectivity index (χ3v) is 5.84. The van der Waals surface area contributed by atoms with Gasteiger partial charge in [-0.15, -0.1) is 0 Å². The molecule has 37 heavy (non-hydrogen) atoms. The van der Waals surface area contributed by atoms with Crippen LogP contribution in [0.15, 0.2) is 77.1 Å². The maximum absolute atomic E-state index is 13.9. The third-order valence-electron chi connectivity index (χ3n) is 5.84. The summed E-state index contributed by atoms with van der Waals surface area (Å²) in [5.74, 6) is 4.93. The third kappa shape index (κ3) is 6.98. The number of allylic oxidation sites excluding steroid dienone is 1. The number of carbonyl (C=O) groups is 2. The normalized spacial score (nSPS) is 16.0. The number of amides is 1. The van der Waals surface area contributed by atoms with Crippen LogP contribution in [0, 0.1) is 23.6 Å². The number of rotatable bonds is 9. The Bertz CT molecular complexity index is 1270. The Morgan fingerprint density at radius 1 is 1.27 bits per heavy atom. The maximum Gasteiger partial charge on any atom is 0.298 e. The Morgan fingerprint density at radius 3 is 2.65 bits per heavy atom. The van der Waals surface area contributed by atoms with Gasteiger partial charge in [-0.2, -0.15) is 5.10 Å². The number of halogens is 1. The molecular weight excluding hydrogens is 473 g/mol. The summed E-state index contributed by atoms with van der Waals surface area (Å²) in [5.41, 5.74) is 10.5. The molecule has 3 rings (SSSR count). The lowest BCUT2D eigenvalue weighted by atomic mass is 9.86. The van der Waals surface area contributed by atoms with Crippen molar-refractivity contribution in [1.82, 2.24) is 10.3 Å². The van der Waals surface area contributed by atoms with Crippen molar-refractivity contribution >= 4 is 23.7 Å². The average Bonchev–Trinajstić information content (AvgIpc) is 2.91. The number of nitrogens with two attached hydrogens (primary N) is 1. The minimum absolute atomic E-state index is 0.0537. The number of nitrogens with one attached hydrogen (secondary N) is 2. The predicted octanol–water partition coefficient (Wildman–Crippen LogP) is 3.79. The second-order valence-electron chi connectivity index (χ2n) is 8.30. The molecule has 2 aromatic rings. The highest BCUT2D eigenvalue weighted by molar-refractivity contribution is 6.05. The van der Waals surface area contributed by atoms with Crippen molar-refractivity contribution in [1.29, 1.82) is 0 Å². The van der Waals surface area contributed by atoms with Gasteiger partial charge in [0.1, 0.15) is 5.75 Å². The lowest BCUT2D eigenvalue weighted by Gasteiger charge is -2.33. The van der Waals surface area contributed by atoms with Crippen LogP contribution in [0.3, 0.4) is 0 Å². The second kappa shape index (κ2) is 12.9. The molecule has 2 aromatic carbocycles. The van der Waals surface area contributed by atoms with Crippen molar-refractivity contribution in [2.75, 3.05) is 25.5 Å². The minimum Gasteiger partial charge on any atom is -0.454 e. The van der Waals surface area contributed by atoms with Gasteiger partial charge in [0.15, 0.2) is 23.7 Å². The Hall–Kier alpha value is -4.58. The Kier molecular flexibility index (Phi) is 9.44. The fourth-order valence-corrected chi connectivity index (χ4v) is 4.00. The summed E-state index contributed by atoms with van der Waals surface area (Å²) in [4.78, 5) is 26.2. The highest BCUT2D eigenvalue weighted by Crippen LogP contribution is 2.30. The molecule has 1 aliphatic rings. The molecule has 0 spiro atoms. The number of nitrogens with zero attached hydrogens (tertiary/aromatic N) is 2. The van der Waals surface area contributed by atoms with Crippen LogP contribution in [-0.2, 0) is 9.59 Å².